The summed E-state index contributed by atoms with van der Waals surface area (Å²) >= 11 is 0. The largest absolute Gasteiger partial charge is 0.489 e. The average Bonchev–Trinajstić information content (AvgIpc) is 2.77. The van der Waals surface area contributed by atoms with Gasteiger partial charge in [0.25, 0.3) is 5.91 Å². The molecule has 0 saturated heterocycles. The molecule has 1 heterocycles. The summed E-state index contributed by atoms with van der Waals surface area (Å²) in [6.07, 6.45) is -0.650. The van der Waals surface area contributed by atoms with Crippen LogP contribution in [0.4, 0.5) is 0 Å². The van der Waals surface area contributed by atoms with Crippen LogP contribution in [0.2, 0.25) is 0 Å². The Balaban J connectivity index is 1.26. The summed E-state index contributed by atoms with van der Waals surface area (Å²) in [5, 5.41) is 2.89. The highest BCUT2D eigenvalue weighted by Crippen LogP contribution is 2.30. The number of rotatable bonds is 6. The first-order chi connectivity index (χ1) is 13.8. The van der Waals surface area contributed by atoms with E-state index in [-0.39, 0.29) is 12.5 Å². The minimum Gasteiger partial charge on any atom is -0.489 e. The molecule has 142 valence electrons. The van der Waals surface area contributed by atoms with Crippen LogP contribution in [0.5, 0.6) is 17.2 Å². The highest BCUT2D eigenvalue weighted by molar-refractivity contribution is 5.81. The lowest BCUT2D eigenvalue weighted by atomic mass is 10.2. The lowest BCUT2D eigenvalue weighted by Crippen LogP contribution is -2.43. The quantitative estimate of drug-likeness (QED) is 0.713. The van der Waals surface area contributed by atoms with Crippen molar-refractivity contribution in [2.75, 3.05) is 6.61 Å². The van der Waals surface area contributed by atoms with E-state index < -0.39 is 6.10 Å². The molecule has 0 fully saturated rings. The molecule has 0 aliphatic carbocycles. The molecular formula is C23H21NO4. The number of carbonyl (C=O) groups excluding carboxylic acids is 1. The van der Waals surface area contributed by atoms with Crippen LogP contribution in [0.1, 0.15) is 11.1 Å². The van der Waals surface area contributed by atoms with Crippen molar-refractivity contribution in [3.8, 4) is 17.2 Å². The molecule has 1 aliphatic heterocycles. The normalized spacial score (nSPS) is 14.9. The van der Waals surface area contributed by atoms with Gasteiger partial charge in [-0.3, -0.25) is 4.79 Å². The zero-order chi connectivity index (χ0) is 19.2. The minimum absolute atomic E-state index is 0.195. The van der Waals surface area contributed by atoms with E-state index in [9.17, 15) is 4.79 Å². The van der Waals surface area contributed by atoms with Crippen molar-refractivity contribution < 1.29 is 19.0 Å². The number of benzene rings is 3. The van der Waals surface area contributed by atoms with Crippen LogP contribution in [0.25, 0.3) is 0 Å². The van der Waals surface area contributed by atoms with Gasteiger partial charge >= 0.3 is 0 Å². The Labute approximate surface area is 163 Å². The lowest BCUT2D eigenvalue weighted by molar-refractivity contribution is -0.130. The van der Waals surface area contributed by atoms with E-state index in [2.05, 4.69) is 5.32 Å². The third-order valence-corrected chi connectivity index (χ3v) is 4.44. The van der Waals surface area contributed by atoms with E-state index in [1.807, 2.05) is 72.8 Å². The van der Waals surface area contributed by atoms with Crippen molar-refractivity contribution in [3.05, 3.63) is 90.0 Å². The molecule has 1 atom stereocenters. The number of nitrogens with one attached hydrogen (secondary N) is 1. The monoisotopic (exact) mass is 375 g/mol. The number of fused-ring (bicyclic) bond motifs is 1. The summed E-state index contributed by atoms with van der Waals surface area (Å²) in [6.45, 7) is 1.14. The Bertz CT molecular complexity index is 925. The fourth-order valence-corrected chi connectivity index (χ4v) is 2.90. The summed E-state index contributed by atoms with van der Waals surface area (Å²) in [6, 6.07) is 25.0. The standard InChI is InChI=1S/C23H21NO4/c25-23(22-16-27-20-8-4-5-9-21(20)28-22)24-14-17-10-12-19(13-11-17)26-15-18-6-2-1-3-7-18/h1-13,22H,14-16H2,(H,24,25). The van der Waals surface area contributed by atoms with Crippen LogP contribution < -0.4 is 19.5 Å². The number of hydrogen-bond donors (Lipinski definition) is 1. The van der Waals surface area contributed by atoms with Crippen molar-refractivity contribution in [1.29, 1.82) is 0 Å². The van der Waals surface area contributed by atoms with Gasteiger partial charge in [0.1, 0.15) is 19.0 Å². The highest BCUT2D eigenvalue weighted by atomic mass is 16.6. The van der Waals surface area contributed by atoms with Gasteiger partial charge in [-0.25, -0.2) is 0 Å². The maximum absolute atomic E-state index is 12.4. The molecule has 1 unspecified atom stereocenters. The van der Waals surface area contributed by atoms with Gasteiger partial charge in [0.15, 0.2) is 11.5 Å². The van der Waals surface area contributed by atoms with Gasteiger partial charge in [0.05, 0.1) is 0 Å². The van der Waals surface area contributed by atoms with Crippen LogP contribution in [-0.2, 0) is 17.9 Å². The number of ether oxygens (including phenoxy) is 3. The maximum Gasteiger partial charge on any atom is 0.264 e. The molecule has 3 aromatic carbocycles. The third-order valence-electron chi connectivity index (χ3n) is 4.44. The van der Waals surface area contributed by atoms with Gasteiger partial charge in [-0.2, -0.15) is 0 Å². The Hall–Kier alpha value is -3.47. The molecule has 5 nitrogen and oxygen atoms in total. The summed E-state index contributed by atoms with van der Waals surface area (Å²) < 4.78 is 17.1. The molecule has 0 saturated carbocycles. The predicted octanol–water partition coefficient (Wildman–Crippen LogP) is 3.72. The SMILES string of the molecule is O=C(NCc1ccc(OCc2ccccc2)cc1)C1COc2ccccc2O1. The van der Waals surface area contributed by atoms with Crippen LogP contribution in [0.3, 0.4) is 0 Å². The highest BCUT2D eigenvalue weighted by Gasteiger charge is 2.26. The van der Waals surface area contributed by atoms with E-state index >= 15 is 0 Å². The molecule has 1 aliphatic rings. The smallest absolute Gasteiger partial charge is 0.264 e. The second-order valence-corrected chi connectivity index (χ2v) is 6.50. The number of carbonyl (C=O) groups is 1. The molecule has 0 spiro atoms. The maximum atomic E-state index is 12.4. The number of hydrogen-bond acceptors (Lipinski definition) is 4. The Kier molecular flexibility index (Phi) is 5.43. The predicted molar refractivity (Wildman–Crippen MR) is 105 cm³/mol. The molecule has 0 radical (unpaired) electrons. The average molecular weight is 375 g/mol. The fourth-order valence-electron chi connectivity index (χ4n) is 2.90. The van der Waals surface area contributed by atoms with Crippen molar-refractivity contribution in [3.63, 3.8) is 0 Å². The molecule has 0 bridgehead atoms. The van der Waals surface area contributed by atoms with Gasteiger partial charge in [-0.15, -0.1) is 0 Å². The van der Waals surface area contributed by atoms with Crippen molar-refractivity contribution in [1.82, 2.24) is 5.32 Å². The lowest BCUT2D eigenvalue weighted by Gasteiger charge is -2.25. The van der Waals surface area contributed by atoms with E-state index in [1.165, 1.54) is 0 Å². The molecule has 1 amide bonds. The minimum atomic E-state index is -0.650. The number of para-hydroxylation sites is 2. The van der Waals surface area contributed by atoms with Gasteiger partial charge in [0.2, 0.25) is 6.10 Å². The van der Waals surface area contributed by atoms with E-state index in [1.54, 1.807) is 6.07 Å². The van der Waals surface area contributed by atoms with Gasteiger partial charge in [-0.1, -0.05) is 54.6 Å². The first-order valence-corrected chi connectivity index (χ1v) is 9.20. The van der Waals surface area contributed by atoms with Crippen LogP contribution in [0, 0.1) is 0 Å². The zero-order valence-electron chi connectivity index (χ0n) is 15.3. The summed E-state index contributed by atoms with van der Waals surface area (Å²) in [7, 11) is 0. The molecule has 4 rings (SSSR count). The van der Waals surface area contributed by atoms with E-state index in [0.29, 0.717) is 24.7 Å². The Morgan fingerprint density at radius 2 is 1.61 bits per heavy atom. The molecule has 1 N–H and O–H groups in total. The van der Waals surface area contributed by atoms with Crippen molar-refractivity contribution in [2.24, 2.45) is 0 Å². The first kappa shape index (κ1) is 17.9. The zero-order valence-corrected chi connectivity index (χ0v) is 15.3. The summed E-state index contributed by atoms with van der Waals surface area (Å²) in [5.74, 6) is 1.85. The van der Waals surface area contributed by atoms with Crippen LogP contribution >= 0.6 is 0 Å². The second kappa shape index (κ2) is 8.48. The second-order valence-electron chi connectivity index (χ2n) is 6.50. The van der Waals surface area contributed by atoms with E-state index in [4.69, 9.17) is 14.2 Å². The Morgan fingerprint density at radius 3 is 2.39 bits per heavy atom. The first-order valence-electron chi connectivity index (χ1n) is 9.20. The van der Waals surface area contributed by atoms with E-state index in [0.717, 1.165) is 16.9 Å². The third kappa shape index (κ3) is 4.43. The molecule has 28 heavy (non-hydrogen) atoms. The van der Waals surface area contributed by atoms with Crippen molar-refractivity contribution in [2.45, 2.75) is 19.3 Å². The molecule has 5 heteroatoms. The van der Waals surface area contributed by atoms with Crippen molar-refractivity contribution >= 4 is 5.91 Å². The number of amides is 1. The van der Waals surface area contributed by atoms with Gasteiger partial charge in [-0.05, 0) is 35.4 Å². The topological polar surface area (TPSA) is 56.8 Å². The summed E-state index contributed by atoms with van der Waals surface area (Å²) in [5.41, 5.74) is 2.10. The van der Waals surface area contributed by atoms with Crippen LogP contribution in [0.15, 0.2) is 78.9 Å². The molecular weight excluding hydrogens is 354 g/mol. The van der Waals surface area contributed by atoms with Crippen LogP contribution in [-0.4, -0.2) is 18.6 Å². The Morgan fingerprint density at radius 1 is 0.893 bits per heavy atom. The van der Waals surface area contributed by atoms with Gasteiger partial charge in [0, 0.05) is 6.54 Å². The summed E-state index contributed by atoms with van der Waals surface area (Å²) in [4.78, 5) is 12.4. The molecule has 3 aromatic rings. The molecule has 0 aromatic heterocycles. The van der Waals surface area contributed by atoms with Gasteiger partial charge < -0.3 is 19.5 Å². The fraction of sp³-hybridized carbons (Fsp3) is 0.174.